The first-order valence-corrected chi connectivity index (χ1v) is 17.1. The average molecular weight is 715 g/mol. The van der Waals surface area contributed by atoms with Crippen molar-refractivity contribution in [3.63, 3.8) is 0 Å². The van der Waals surface area contributed by atoms with Crippen LogP contribution in [0.2, 0.25) is 5.02 Å². The van der Waals surface area contributed by atoms with Crippen LogP contribution in [0.3, 0.4) is 0 Å². The van der Waals surface area contributed by atoms with Crippen LogP contribution in [0, 0.1) is 0 Å². The third-order valence-electron chi connectivity index (χ3n) is 5.22. The summed E-state index contributed by atoms with van der Waals surface area (Å²) < 4.78 is 122. The summed E-state index contributed by atoms with van der Waals surface area (Å²) in [6, 6.07) is 11.9. The van der Waals surface area contributed by atoms with E-state index in [1.165, 1.54) is 36.4 Å². The quantitative estimate of drug-likeness (QED) is 0.0827. The highest BCUT2D eigenvalue weighted by Crippen LogP contribution is 2.39. The highest BCUT2D eigenvalue weighted by molar-refractivity contribution is 7.86. The number of hydrogen-bond acceptors (Lipinski definition) is 13. The molecular weight excluding hydrogens is 692 g/mol. The molecule has 0 fully saturated rings. The lowest BCUT2D eigenvalue weighted by molar-refractivity contribution is 0.473. The Morgan fingerprint density at radius 1 is 0.545 bits per heavy atom. The first-order valence-electron chi connectivity index (χ1n) is 11.0. The van der Waals surface area contributed by atoms with Gasteiger partial charge in [0.05, 0.1) is 21.3 Å². The van der Waals surface area contributed by atoms with E-state index < -0.39 is 61.7 Å². The number of nitrogen functional groups attached to an aromatic ring is 4. The molecule has 0 saturated carbocycles. The van der Waals surface area contributed by atoms with Gasteiger partial charge in [-0.05, 0) is 66.0 Å². The van der Waals surface area contributed by atoms with Crippen molar-refractivity contribution in [1.29, 1.82) is 0 Å². The molecule has 22 heteroatoms. The standard InChI is InChI=1S/C10H8ClNO7S2.C6H8N2O3S.C6H7NO3S/c11-6-3-5-4(1-7(6)20(14,15)16)2-8(21(17,18)19)9(12)10(5)13;7-4-1-2-5(8)6(3-4)12(9,10)11;7-5-1-3-6(4-2-5)11(8,9)10/h1-3,13H,12H2,(H,14,15,16)(H,17,18,19);1-3H,7-8H2,(H,9,10,11);1-4H,7H2,(H,8,9,10). The Morgan fingerprint density at radius 2 is 1.00 bits per heavy atom. The Hall–Kier alpha value is -3.93. The van der Waals surface area contributed by atoms with Crippen molar-refractivity contribution in [2.24, 2.45) is 0 Å². The van der Waals surface area contributed by atoms with Gasteiger partial charge < -0.3 is 28.0 Å². The zero-order valence-electron chi connectivity index (χ0n) is 21.6. The summed E-state index contributed by atoms with van der Waals surface area (Å²) in [5, 5.41) is 9.31. The molecule has 0 amide bonds. The summed E-state index contributed by atoms with van der Waals surface area (Å²) in [6.07, 6.45) is 0. The van der Waals surface area contributed by atoms with Gasteiger partial charge in [-0.3, -0.25) is 18.2 Å². The van der Waals surface area contributed by atoms with E-state index in [9.17, 15) is 38.8 Å². The Bertz CT molecular complexity index is 2170. The number of aromatic hydroxyl groups is 1. The summed E-state index contributed by atoms with van der Waals surface area (Å²) >= 11 is 5.68. The van der Waals surface area contributed by atoms with E-state index in [2.05, 4.69) is 0 Å². The number of anilines is 4. The van der Waals surface area contributed by atoms with Gasteiger partial charge in [-0.25, -0.2) is 0 Å². The smallest absolute Gasteiger partial charge is 0.296 e. The van der Waals surface area contributed by atoms with Crippen molar-refractivity contribution < 1.29 is 57.0 Å². The molecule has 0 unspecified atom stereocenters. The summed E-state index contributed by atoms with van der Waals surface area (Å²) in [7, 11) is -17.7. The van der Waals surface area contributed by atoms with Crippen LogP contribution in [0.4, 0.5) is 22.7 Å². The highest BCUT2D eigenvalue weighted by Gasteiger charge is 2.23. The number of phenolic OH excluding ortho intramolecular Hbond substituents is 1. The van der Waals surface area contributed by atoms with E-state index in [4.69, 9.17) is 52.7 Å². The summed E-state index contributed by atoms with van der Waals surface area (Å²) in [5.74, 6) is -0.691. The molecule has 0 bridgehead atoms. The summed E-state index contributed by atoms with van der Waals surface area (Å²) in [5.41, 5.74) is 21.3. The molecule has 13 N–H and O–H groups in total. The molecule has 4 aromatic rings. The molecule has 44 heavy (non-hydrogen) atoms. The van der Waals surface area contributed by atoms with Crippen molar-refractivity contribution in [2.75, 3.05) is 22.9 Å². The largest absolute Gasteiger partial charge is 0.505 e. The van der Waals surface area contributed by atoms with Gasteiger partial charge in [0, 0.05) is 16.8 Å². The van der Waals surface area contributed by atoms with Gasteiger partial charge >= 0.3 is 0 Å². The van der Waals surface area contributed by atoms with Gasteiger partial charge in [0.15, 0.2) is 0 Å². The number of hydrogen-bond donors (Lipinski definition) is 9. The molecular formula is C22H23ClN4O13S4. The van der Waals surface area contributed by atoms with E-state index in [0.29, 0.717) is 5.69 Å². The van der Waals surface area contributed by atoms with Crippen LogP contribution in [0.1, 0.15) is 0 Å². The molecule has 0 heterocycles. The maximum absolute atomic E-state index is 11.2. The first-order chi connectivity index (χ1) is 19.8. The zero-order valence-corrected chi connectivity index (χ0v) is 25.6. The first kappa shape index (κ1) is 36.3. The number of benzene rings is 4. The molecule has 0 saturated heterocycles. The van der Waals surface area contributed by atoms with Gasteiger partial charge in [0.25, 0.3) is 40.5 Å². The molecule has 0 atom stereocenters. The van der Waals surface area contributed by atoms with Crippen molar-refractivity contribution in [3.8, 4) is 5.75 Å². The Kier molecular flexibility index (Phi) is 10.7. The molecule has 0 aliphatic heterocycles. The number of rotatable bonds is 4. The lowest BCUT2D eigenvalue weighted by atomic mass is 10.1. The third kappa shape index (κ3) is 9.28. The third-order valence-corrected chi connectivity index (χ3v) is 9.20. The minimum absolute atomic E-state index is 0.0216. The van der Waals surface area contributed by atoms with E-state index in [0.717, 1.165) is 24.3 Å². The molecule has 0 aromatic heterocycles. The zero-order chi connectivity index (χ0) is 34.0. The fourth-order valence-electron chi connectivity index (χ4n) is 3.20. The van der Waals surface area contributed by atoms with Gasteiger partial charge in [-0.2, -0.15) is 33.7 Å². The monoisotopic (exact) mass is 714 g/mol. The second-order valence-electron chi connectivity index (χ2n) is 8.41. The van der Waals surface area contributed by atoms with Crippen LogP contribution in [-0.2, 0) is 40.5 Å². The molecule has 0 spiro atoms. The minimum Gasteiger partial charge on any atom is -0.505 e. The van der Waals surface area contributed by atoms with Crippen molar-refractivity contribution in [1.82, 2.24) is 0 Å². The highest BCUT2D eigenvalue weighted by atomic mass is 35.5. The number of fused-ring (bicyclic) bond motifs is 1. The van der Waals surface area contributed by atoms with Crippen molar-refractivity contribution >= 4 is 85.6 Å². The predicted octanol–water partition coefficient (Wildman–Crippen LogP) is 1.89. The minimum atomic E-state index is -4.74. The maximum Gasteiger partial charge on any atom is 0.296 e. The molecule has 17 nitrogen and oxygen atoms in total. The number of phenols is 1. The number of halogens is 1. The maximum atomic E-state index is 11.2. The van der Waals surface area contributed by atoms with Crippen LogP contribution < -0.4 is 22.9 Å². The molecule has 240 valence electrons. The lowest BCUT2D eigenvalue weighted by Gasteiger charge is -2.10. The van der Waals surface area contributed by atoms with Crippen LogP contribution in [0.25, 0.3) is 10.8 Å². The molecule has 0 radical (unpaired) electrons. The van der Waals surface area contributed by atoms with Crippen LogP contribution in [0.5, 0.6) is 5.75 Å². The summed E-state index contributed by atoms with van der Waals surface area (Å²) in [6.45, 7) is 0. The van der Waals surface area contributed by atoms with E-state index in [1.807, 2.05) is 0 Å². The molecule has 4 aromatic carbocycles. The Morgan fingerprint density at radius 3 is 1.43 bits per heavy atom. The van der Waals surface area contributed by atoms with E-state index >= 15 is 0 Å². The van der Waals surface area contributed by atoms with Gasteiger partial charge in [-0.15, -0.1) is 0 Å². The fraction of sp³-hybridized carbons (Fsp3) is 0. The second kappa shape index (κ2) is 13.0. The van der Waals surface area contributed by atoms with Crippen molar-refractivity contribution in [3.05, 3.63) is 65.7 Å². The van der Waals surface area contributed by atoms with Gasteiger partial charge in [0.1, 0.15) is 20.4 Å². The van der Waals surface area contributed by atoms with Crippen LogP contribution in [-0.4, -0.2) is 57.0 Å². The van der Waals surface area contributed by atoms with Crippen LogP contribution >= 0.6 is 11.6 Å². The normalized spacial score (nSPS) is 12.0. The topological polar surface area (TPSA) is 342 Å². The molecule has 0 aliphatic carbocycles. The van der Waals surface area contributed by atoms with Gasteiger partial charge in [-0.1, -0.05) is 11.6 Å². The molecule has 4 rings (SSSR count). The van der Waals surface area contributed by atoms with Crippen LogP contribution in [0.15, 0.2) is 80.2 Å². The summed E-state index contributed by atoms with van der Waals surface area (Å²) in [4.78, 5) is -1.98. The lowest BCUT2D eigenvalue weighted by Crippen LogP contribution is -2.04. The Balaban J connectivity index is 0.000000250. The predicted molar refractivity (Wildman–Crippen MR) is 160 cm³/mol. The van der Waals surface area contributed by atoms with E-state index in [1.54, 1.807) is 0 Å². The SMILES string of the molecule is Nc1c(S(=O)(=O)O)cc2cc(S(=O)(=O)O)c(Cl)cc2c1O.Nc1ccc(N)c(S(=O)(=O)O)c1.Nc1ccc(S(=O)(=O)O)cc1. The fourth-order valence-corrected chi connectivity index (χ4v) is 6.02. The second-order valence-corrected chi connectivity index (χ2v) is 14.4. The number of nitrogens with two attached hydrogens (primary N) is 4. The van der Waals surface area contributed by atoms with Gasteiger partial charge in [0.2, 0.25) is 0 Å². The Labute approximate surface area is 255 Å². The average Bonchev–Trinajstić information content (AvgIpc) is 2.86. The van der Waals surface area contributed by atoms with E-state index in [-0.39, 0.29) is 37.0 Å². The molecule has 0 aliphatic rings. The van der Waals surface area contributed by atoms with Crippen molar-refractivity contribution in [2.45, 2.75) is 19.6 Å².